The zero-order valence-electron chi connectivity index (χ0n) is 11.0. The highest BCUT2D eigenvalue weighted by atomic mass is 35.5. The Morgan fingerprint density at radius 1 is 1.53 bits per heavy atom. The lowest BCUT2D eigenvalue weighted by atomic mass is 9.80. The number of halogens is 1. The van der Waals surface area contributed by atoms with Crippen molar-refractivity contribution in [1.29, 1.82) is 0 Å². The lowest BCUT2D eigenvalue weighted by Gasteiger charge is -2.34. The van der Waals surface area contributed by atoms with E-state index in [1.165, 1.54) is 0 Å². The summed E-state index contributed by atoms with van der Waals surface area (Å²) in [6, 6.07) is 5.05. The van der Waals surface area contributed by atoms with E-state index in [0.29, 0.717) is 34.8 Å². The third-order valence-corrected chi connectivity index (χ3v) is 3.59. The third-order valence-electron chi connectivity index (χ3n) is 3.36. The molecule has 0 saturated heterocycles. The molecule has 0 radical (unpaired) electrons. The van der Waals surface area contributed by atoms with Gasteiger partial charge in [-0.2, -0.15) is 0 Å². The highest BCUT2D eigenvalue weighted by Crippen LogP contribution is 2.33. The molecule has 0 unspecified atom stereocenters. The standard InChI is InChI=1S/C14H19ClN2O2/c1-2-19-11-5-9(6-11)7-14(18)17-13-8-10(15)3-4-12(13)16/h3-4,8-9,11H,2,5-7,16H2,1H3,(H,17,18). The Labute approximate surface area is 118 Å². The number of amides is 1. The fraction of sp³-hybridized carbons (Fsp3) is 0.500. The molecule has 1 aliphatic rings. The van der Waals surface area contributed by atoms with Crippen LogP contribution in [0.5, 0.6) is 0 Å². The predicted octanol–water partition coefficient (Wildman–Crippen LogP) is 3.07. The fourth-order valence-electron chi connectivity index (χ4n) is 2.31. The first-order chi connectivity index (χ1) is 9.08. The topological polar surface area (TPSA) is 64.3 Å². The molecule has 1 amide bonds. The summed E-state index contributed by atoms with van der Waals surface area (Å²) in [5, 5.41) is 3.37. The summed E-state index contributed by atoms with van der Waals surface area (Å²) in [6.45, 7) is 2.73. The Bertz CT molecular complexity index is 459. The first kappa shape index (κ1) is 14.2. The molecule has 0 spiro atoms. The number of anilines is 2. The van der Waals surface area contributed by atoms with Crippen LogP contribution >= 0.6 is 11.6 Å². The number of nitrogens with two attached hydrogens (primary N) is 1. The molecule has 4 nitrogen and oxygen atoms in total. The van der Waals surface area contributed by atoms with Gasteiger partial charge in [0.05, 0.1) is 17.5 Å². The molecule has 0 bridgehead atoms. The van der Waals surface area contributed by atoms with Crippen molar-refractivity contribution >= 4 is 28.9 Å². The molecule has 0 aliphatic heterocycles. The van der Waals surface area contributed by atoms with E-state index in [2.05, 4.69) is 5.32 Å². The molecular weight excluding hydrogens is 264 g/mol. The number of nitrogens with one attached hydrogen (secondary N) is 1. The van der Waals surface area contributed by atoms with Gasteiger partial charge in [-0.3, -0.25) is 4.79 Å². The molecule has 1 aromatic carbocycles. The van der Waals surface area contributed by atoms with Crippen LogP contribution in [0, 0.1) is 5.92 Å². The highest BCUT2D eigenvalue weighted by Gasteiger charge is 2.31. The second kappa shape index (κ2) is 6.26. The maximum absolute atomic E-state index is 11.9. The van der Waals surface area contributed by atoms with E-state index in [1.807, 2.05) is 6.92 Å². The summed E-state index contributed by atoms with van der Waals surface area (Å²) in [4.78, 5) is 11.9. The minimum Gasteiger partial charge on any atom is -0.397 e. The Morgan fingerprint density at radius 3 is 2.95 bits per heavy atom. The number of ether oxygens (including phenoxy) is 1. The van der Waals surface area contributed by atoms with Gasteiger partial charge < -0.3 is 15.8 Å². The Kier molecular flexibility index (Phi) is 4.66. The smallest absolute Gasteiger partial charge is 0.224 e. The van der Waals surface area contributed by atoms with Gasteiger partial charge in [0.1, 0.15) is 0 Å². The van der Waals surface area contributed by atoms with Crippen molar-refractivity contribution in [3.05, 3.63) is 23.2 Å². The summed E-state index contributed by atoms with van der Waals surface area (Å²) >= 11 is 5.87. The number of hydrogen-bond acceptors (Lipinski definition) is 3. The van der Waals surface area contributed by atoms with Crippen LogP contribution in [0.4, 0.5) is 11.4 Å². The molecule has 104 valence electrons. The van der Waals surface area contributed by atoms with Gasteiger partial charge in [-0.05, 0) is 43.9 Å². The van der Waals surface area contributed by atoms with Gasteiger partial charge in [-0.15, -0.1) is 0 Å². The Morgan fingerprint density at radius 2 is 2.26 bits per heavy atom. The van der Waals surface area contributed by atoms with Crippen molar-refractivity contribution in [1.82, 2.24) is 0 Å². The van der Waals surface area contributed by atoms with Crippen molar-refractivity contribution in [2.75, 3.05) is 17.7 Å². The van der Waals surface area contributed by atoms with Crippen LogP contribution in [0.3, 0.4) is 0 Å². The van der Waals surface area contributed by atoms with Crippen LogP contribution in [-0.4, -0.2) is 18.6 Å². The monoisotopic (exact) mass is 282 g/mol. The van der Waals surface area contributed by atoms with Crippen molar-refractivity contribution in [2.24, 2.45) is 5.92 Å². The molecular formula is C14H19ClN2O2. The van der Waals surface area contributed by atoms with Gasteiger partial charge in [-0.25, -0.2) is 0 Å². The van der Waals surface area contributed by atoms with Gasteiger partial charge >= 0.3 is 0 Å². The molecule has 19 heavy (non-hydrogen) atoms. The molecule has 2 rings (SSSR count). The average Bonchev–Trinajstić information content (AvgIpc) is 2.31. The van der Waals surface area contributed by atoms with Crippen molar-refractivity contribution < 1.29 is 9.53 Å². The first-order valence-electron chi connectivity index (χ1n) is 6.55. The maximum Gasteiger partial charge on any atom is 0.224 e. The summed E-state index contributed by atoms with van der Waals surface area (Å²) in [7, 11) is 0. The van der Waals surface area contributed by atoms with E-state index in [9.17, 15) is 4.79 Å². The van der Waals surface area contributed by atoms with E-state index in [1.54, 1.807) is 18.2 Å². The maximum atomic E-state index is 11.9. The molecule has 0 atom stereocenters. The normalized spacial score (nSPS) is 21.8. The predicted molar refractivity (Wildman–Crippen MR) is 77.2 cm³/mol. The number of nitrogen functional groups attached to an aromatic ring is 1. The Hall–Kier alpha value is -1.26. The zero-order valence-corrected chi connectivity index (χ0v) is 11.7. The molecule has 1 aliphatic carbocycles. The lowest BCUT2D eigenvalue weighted by Crippen LogP contribution is -2.33. The summed E-state index contributed by atoms with van der Waals surface area (Å²) < 4.78 is 5.47. The average molecular weight is 283 g/mol. The minimum absolute atomic E-state index is 0.0195. The van der Waals surface area contributed by atoms with Crippen LogP contribution < -0.4 is 11.1 Å². The van der Waals surface area contributed by atoms with Crippen molar-refractivity contribution in [3.8, 4) is 0 Å². The third kappa shape index (κ3) is 3.85. The van der Waals surface area contributed by atoms with Crippen LogP contribution in [0.2, 0.25) is 5.02 Å². The second-order valence-electron chi connectivity index (χ2n) is 4.90. The van der Waals surface area contributed by atoms with E-state index in [0.717, 1.165) is 19.4 Å². The first-order valence-corrected chi connectivity index (χ1v) is 6.92. The number of carbonyl (C=O) groups excluding carboxylic acids is 1. The zero-order chi connectivity index (χ0) is 13.8. The van der Waals surface area contributed by atoms with Crippen molar-refractivity contribution in [3.63, 3.8) is 0 Å². The van der Waals surface area contributed by atoms with Crippen molar-refractivity contribution in [2.45, 2.75) is 32.3 Å². The summed E-state index contributed by atoms with van der Waals surface area (Å²) in [5.74, 6) is 0.394. The van der Waals surface area contributed by atoms with Gasteiger partial charge in [0.2, 0.25) is 5.91 Å². The number of hydrogen-bond donors (Lipinski definition) is 2. The van der Waals surface area contributed by atoms with Gasteiger partial charge in [0.15, 0.2) is 0 Å². The lowest BCUT2D eigenvalue weighted by molar-refractivity contribution is -0.119. The molecule has 1 aromatic rings. The molecule has 3 N–H and O–H groups in total. The minimum atomic E-state index is -0.0195. The van der Waals surface area contributed by atoms with Gasteiger partial charge in [0.25, 0.3) is 0 Å². The Balaban J connectivity index is 1.80. The second-order valence-corrected chi connectivity index (χ2v) is 5.34. The summed E-state index contributed by atoms with van der Waals surface area (Å²) in [6.07, 6.45) is 2.77. The fourth-order valence-corrected chi connectivity index (χ4v) is 2.49. The van der Waals surface area contributed by atoms with E-state index >= 15 is 0 Å². The van der Waals surface area contributed by atoms with Crippen LogP contribution in [0.25, 0.3) is 0 Å². The van der Waals surface area contributed by atoms with E-state index in [-0.39, 0.29) is 5.91 Å². The molecule has 1 saturated carbocycles. The van der Waals surface area contributed by atoms with E-state index in [4.69, 9.17) is 22.1 Å². The highest BCUT2D eigenvalue weighted by molar-refractivity contribution is 6.31. The van der Waals surface area contributed by atoms with Gasteiger partial charge in [0, 0.05) is 18.1 Å². The van der Waals surface area contributed by atoms with Gasteiger partial charge in [-0.1, -0.05) is 11.6 Å². The largest absolute Gasteiger partial charge is 0.397 e. The molecule has 0 aromatic heterocycles. The van der Waals surface area contributed by atoms with E-state index < -0.39 is 0 Å². The molecule has 1 fully saturated rings. The number of carbonyl (C=O) groups is 1. The summed E-state index contributed by atoms with van der Waals surface area (Å²) in [5.41, 5.74) is 6.89. The number of benzene rings is 1. The van der Waals surface area contributed by atoms with Crippen LogP contribution in [0.1, 0.15) is 26.2 Å². The van der Waals surface area contributed by atoms with Crippen LogP contribution in [0.15, 0.2) is 18.2 Å². The van der Waals surface area contributed by atoms with Crippen LogP contribution in [-0.2, 0) is 9.53 Å². The SMILES string of the molecule is CCOC1CC(CC(=O)Nc2cc(Cl)ccc2N)C1. The molecule has 5 heteroatoms. The quantitative estimate of drug-likeness (QED) is 0.816. The molecule has 0 heterocycles. The number of rotatable bonds is 5.